The first kappa shape index (κ1) is 27.4. The Balaban J connectivity index is 1.90. The van der Waals surface area contributed by atoms with Crippen LogP contribution in [0.1, 0.15) is 31.3 Å². The van der Waals surface area contributed by atoms with Crippen molar-refractivity contribution >= 4 is 61.7 Å². The van der Waals surface area contributed by atoms with Crippen LogP contribution >= 0.6 is 23.2 Å². The Labute approximate surface area is 228 Å². The fourth-order valence-corrected chi connectivity index (χ4v) is 6.59. The first-order valence-electron chi connectivity index (χ1n) is 11.2. The molecule has 4 rings (SSSR count). The number of carbonyl (C=O) groups excluding carboxylic acids is 1. The van der Waals surface area contributed by atoms with Gasteiger partial charge in [0, 0.05) is 21.6 Å². The number of hydrogen-bond donors (Lipinski definition) is 2. The third-order valence-corrected chi connectivity index (χ3v) is 7.95. The minimum atomic E-state index is -4.44. The van der Waals surface area contributed by atoms with Crippen LogP contribution in [0.15, 0.2) is 66.0 Å². The van der Waals surface area contributed by atoms with E-state index in [2.05, 4.69) is 9.97 Å². The average Bonchev–Trinajstić information content (AvgIpc) is 3.24. The van der Waals surface area contributed by atoms with Crippen LogP contribution in [0, 0.1) is 5.41 Å². The van der Waals surface area contributed by atoms with Crippen LogP contribution in [-0.2, 0) is 14.8 Å². The number of rotatable bonds is 7. The normalized spacial score (nSPS) is 12.9. The molecular weight excluding hydrogens is 553 g/mol. The molecule has 2 aromatic heterocycles. The zero-order chi connectivity index (χ0) is 28.0. The summed E-state index contributed by atoms with van der Waals surface area (Å²) >= 11 is 12.2. The quantitative estimate of drug-likeness (QED) is 0.329. The maximum atomic E-state index is 14.0. The number of carboxylic acid groups (broad SMARTS) is 1. The molecule has 1 atom stereocenters. The Morgan fingerprint density at radius 3 is 2.21 bits per heavy atom. The van der Waals surface area contributed by atoms with E-state index < -0.39 is 33.4 Å². The zero-order valence-electron chi connectivity index (χ0n) is 20.5. The molecule has 10 nitrogen and oxygen atoms in total. The van der Waals surface area contributed by atoms with E-state index >= 15 is 0 Å². The summed E-state index contributed by atoms with van der Waals surface area (Å²) in [7, 11) is -4.44. The average molecular weight is 576 g/mol. The van der Waals surface area contributed by atoms with E-state index in [9.17, 15) is 23.1 Å². The van der Waals surface area contributed by atoms with Crippen molar-refractivity contribution in [3.8, 4) is 5.82 Å². The molecule has 198 valence electrons. The number of benzene rings is 2. The van der Waals surface area contributed by atoms with Crippen LogP contribution in [0.3, 0.4) is 0 Å². The molecule has 13 heteroatoms. The lowest BCUT2D eigenvalue weighted by molar-refractivity contribution is -0.140. The van der Waals surface area contributed by atoms with E-state index in [0.717, 1.165) is 4.31 Å². The molecule has 0 aliphatic carbocycles. The summed E-state index contributed by atoms with van der Waals surface area (Å²) in [5.74, 6) is -1.63. The second kappa shape index (κ2) is 9.90. The Kier molecular flexibility index (Phi) is 7.13. The number of sulfonamides is 1. The zero-order valence-corrected chi connectivity index (χ0v) is 22.8. The van der Waals surface area contributed by atoms with Gasteiger partial charge in [0.25, 0.3) is 15.9 Å². The third kappa shape index (κ3) is 5.17. The Morgan fingerprint density at radius 1 is 1.03 bits per heavy atom. The second-order valence-corrected chi connectivity index (χ2v) is 12.3. The fraction of sp³-hybridized carbons (Fsp3) is 0.200. The van der Waals surface area contributed by atoms with E-state index in [-0.39, 0.29) is 26.3 Å². The molecule has 0 spiro atoms. The molecule has 1 amide bonds. The number of fused-ring (bicyclic) bond motifs is 1. The third-order valence-electron chi connectivity index (χ3n) is 5.75. The summed E-state index contributed by atoms with van der Waals surface area (Å²) in [6, 6.07) is 8.80. The highest BCUT2D eigenvalue weighted by molar-refractivity contribution is 7.93. The molecule has 0 aliphatic heterocycles. The number of amides is 1. The molecule has 0 saturated carbocycles. The maximum Gasteiger partial charge on any atom is 0.328 e. The lowest BCUT2D eigenvalue weighted by Crippen LogP contribution is -2.52. The van der Waals surface area contributed by atoms with Crippen molar-refractivity contribution in [2.24, 2.45) is 11.1 Å². The van der Waals surface area contributed by atoms with Gasteiger partial charge in [0.15, 0.2) is 5.82 Å². The topological polar surface area (TPSA) is 148 Å². The molecule has 0 fully saturated rings. The lowest BCUT2D eigenvalue weighted by atomic mass is 9.86. The fourth-order valence-electron chi connectivity index (χ4n) is 4.08. The van der Waals surface area contributed by atoms with Crippen molar-refractivity contribution in [2.45, 2.75) is 31.7 Å². The summed E-state index contributed by atoms with van der Waals surface area (Å²) in [5.41, 5.74) is 5.01. The number of halogens is 2. The molecule has 38 heavy (non-hydrogen) atoms. The van der Waals surface area contributed by atoms with E-state index in [1.54, 1.807) is 49.7 Å². The smallest absolute Gasteiger partial charge is 0.328 e. The second-order valence-electron chi connectivity index (χ2n) is 9.57. The van der Waals surface area contributed by atoms with Crippen molar-refractivity contribution in [2.75, 3.05) is 4.31 Å². The first-order valence-corrected chi connectivity index (χ1v) is 13.4. The highest BCUT2D eigenvalue weighted by Gasteiger charge is 2.43. The van der Waals surface area contributed by atoms with Crippen LogP contribution in [0.2, 0.25) is 10.0 Å². The maximum absolute atomic E-state index is 14.0. The highest BCUT2D eigenvalue weighted by atomic mass is 35.5. The summed E-state index contributed by atoms with van der Waals surface area (Å²) in [4.78, 5) is 31.8. The number of carbonyl (C=O) groups is 2. The van der Waals surface area contributed by atoms with Crippen LogP contribution < -0.4 is 10.0 Å². The molecule has 2 heterocycles. The Bertz CT molecular complexity index is 1640. The van der Waals surface area contributed by atoms with E-state index in [1.807, 2.05) is 0 Å². The molecule has 0 saturated heterocycles. The van der Waals surface area contributed by atoms with Gasteiger partial charge < -0.3 is 10.8 Å². The minimum absolute atomic E-state index is 0.0105. The molecular formula is C25H23Cl2N5O5S. The van der Waals surface area contributed by atoms with Gasteiger partial charge in [0.1, 0.15) is 11.7 Å². The number of nitrogens with two attached hydrogens (primary N) is 1. The SMILES string of the molecule is CC(C)(C)C(C(=O)O)N(c1ccc2c(ccn2-c2cnc(C(N)=O)cn2)c1)S(=O)(=O)c1cc(Cl)cc(Cl)c1. The van der Waals surface area contributed by atoms with E-state index in [4.69, 9.17) is 28.9 Å². The summed E-state index contributed by atoms with van der Waals surface area (Å²) in [6.07, 6.45) is 4.33. The predicted molar refractivity (Wildman–Crippen MR) is 144 cm³/mol. The summed E-state index contributed by atoms with van der Waals surface area (Å²) in [5, 5.41) is 11.0. The van der Waals surface area contributed by atoms with E-state index in [1.165, 1.54) is 36.7 Å². The Hall–Kier alpha value is -3.67. The molecule has 3 N–H and O–H groups in total. The largest absolute Gasteiger partial charge is 0.480 e. The molecule has 1 unspecified atom stereocenters. The van der Waals surface area contributed by atoms with Gasteiger partial charge in [0.05, 0.1) is 28.5 Å². The minimum Gasteiger partial charge on any atom is -0.480 e. The molecule has 0 aliphatic rings. The predicted octanol–water partition coefficient (Wildman–Crippen LogP) is 4.52. The van der Waals surface area contributed by atoms with Gasteiger partial charge in [-0.2, -0.15) is 0 Å². The molecule has 2 aromatic carbocycles. The van der Waals surface area contributed by atoms with Crippen LogP contribution in [0.4, 0.5) is 5.69 Å². The molecule has 4 aromatic rings. The van der Waals surface area contributed by atoms with Crippen molar-refractivity contribution in [1.29, 1.82) is 0 Å². The van der Waals surface area contributed by atoms with Gasteiger partial charge in [0.2, 0.25) is 0 Å². The van der Waals surface area contributed by atoms with E-state index in [0.29, 0.717) is 16.7 Å². The first-order chi connectivity index (χ1) is 17.7. The number of primary amides is 1. The summed E-state index contributed by atoms with van der Waals surface area (Å²) < 4.78 is 30.5. The van der Waals surface area contributed by atoms with Gasteiger partial charge in [-0.25, -0.2) is 23.2 Å². The van der Waals surface area contributed by atoms with Crippen LogP contribution in [-0.4, -0.2) is 46.0 Å². The standard InChI is InChI=1S/C25H23Cl2N5O5S/c1-25(2,3)22(24(34)35)32(38(36,37)18-10-15(26)9-16(27)11-18)17-4-5-20-14(8-17)6-7-31(20)21-13-29-19(12-30-21)23(28)33/h4-13,22H,1-3H3,(H2,28,33)(H,34,35). The van der Waals surface area contributed by atoms with Crippen LogP contribution in [0.5, 0.6) is 0 Å². The lowest BCUT2D eigenvalue weighted by Gasteiger charge is -2.37. The number of nitrogens with zero attached hydrogens (tertiary/aromatic N) is 4. The number of aromatic nitrogens is 3. The molecule has 0 radical (unpaired) electrons. The van der Waals surface area contributed by atoms with Crippen molar-refractivity contribution in [3.05, 3.63) is 76.8 Å². The van der Waals surface area contributed by atoms with Gasteiger partial charge in [-0.05, 0) is 47.9 Å². The van der Waals surface area contributed by atoms with Crippen molar-refractivity contribution < 1.29 is 23.1 Å². The highest BCUT2D eigenvalue weighted by Crippen LogP contribution is 2.37. The molecule has 0 bridgehead atoms. The van der Waals surface area contributed by atoms with Crippen molar-refractivity contribution in [1.82, 2.24) is 14.5 Å². The monoisotopic (exact) mass is 575 g/mol. The number of aliphatic carboxylic acids is 1. The number of anilines is 1. The van der Waals surface area contributed by atoms with Gasteiger partial charge in [-0.3, -0.25) is 13.7 Å². The number of carboxylic acids is 1. The van der Waals surface area contributed by atoms with Gasteiger partial charge in [-0.15, -0.1) is 0 Å². The van der Waals surface area contributed by atoms with Crippen LogP contribution in [0.25, 0.3) is 16.7 Å². The van der Waals surface area contributed by atoms with Crippen molar-refractivity contribution in [3.63, 3.8) is 0 Å². The summed E-state index contributed by atoms with van der Waals surface area (Å²) in [6.45, 7) is 4.92. The van der Waals surface area contributed by atoms with Gasteiger partial charge >= 0.3 is 5.97 Å². The number of hydrogen-bond acceptors (Lipinski definition) is 6. The Morgan fingerprint density at radius 2 is 1.68 bits per heavy atom. The van der Waals surface area contributed by atoms with Gasteiger partial charge in [-0.1, -0.05) is 44.0 Å².